The maximum atomic E-state index is 9.47. The summed E-state index contributed by atoms with van der Waals surface area (Å²) in [6.45, 7) is 3.09. The van der Waals surface area contributed by atoms with E-state index in [9.17, 15) is 4.79 Å². The van der Waals surface area contributed by atoms with Gasteiger partial charge in [0.1, 0.15) is 0 Å². The van der Waals surface area contributed by atoms with E-state index in [0.29, 0.717) is 0 Å². The maximum absolute atomic E-state index is 9.47. The fraction of sp³-hybridized carbons (Fsp3) is 0. The largest absolute Gasteiger partial charge is 0.366 e. The summed E-state index contributed by atoms with van der Waals surface area (Å²) in [6, 6.07) is 0. The Labute approximate surface area is 30.3 Å². The van der Waals surface area contributed by atoms with Gasteiger partial charge in [-0.15, -0.1) is 0 Å². The van der Waals surface area contributed by atoms with Gasteiger partial charge in [-0.1, -0.05) is 6.58 Å². The van der Waals surface area contributed by atoms with E-state index in [0.717, 1.165) is 6.08 Å². The van der Waals surface area contributed by atoms with Gasteiger partial charge in [0.15, 0.2) is 0 Å². The molecule has 0 radical (unpaired) electrons. The van der Waals surface area contributed by atoms with E-state index in [-0.39, 0.29) is 0 Å². The molecule has 0 aromatic rings. The predicted octanol–water partition coefficient (Wildman–Crippen LogP) is -0.342. The molecule has 2 heteroatoms. The lowest BCUT2D eigenvalue weighted by molar-refractivity contribution is -0.113. The minimum atomic E-state index is -0.481. The van der Waals surface area contributed by atoms with Crippen LogP contribution in [-0.2, 0) is 4.79 Å². The zero-order chi connectivity index (χ0) is 4.28. The molecule has 2 nitrogen and oxygen atoms in total. The third-order valence-corrected chi connectivity index (χ3v) is 0.201. The van der Waals surface area contributed by atoms with Crippen LogP contribution in [0.1, 0.15) is 0 Å². The molecular formula is C3H5NO. The monoisotopic (exact) mass is 74.0 g/mol. The van der Waals surface area contributed by atoms with Gasteiger partial charge >= 0.3 is 0 Å². The molecule has 0 rings (SSSR count). The van der Waals surface area contributed by atoms with Gasteiger partial charge in [-0.05, 0) is 6.08 Å². The van der Waals surface area contributed by atoms with E-state index in [1.165, 1.54) is 0 Å². The van der Waals surface area contributed by atoms with Crippen LogP contribution in [0.4, 0.5) is 0 Å². The Morgan fingerprint density at radius 1 is 2.00 bits per heavy atom. The summed E-state index contributed by atoms with van der Waals surface area (Å²) in [6.07, 6.45) is 1.06. The molecule has 0 bridgehead atoms. The van der Waals surface area contributed by atoms with Crippen molar-refractivity contribution >= 4 is 5.91 Å². The number of carbonyl (C=O) groups is 1. The highest BCUT2D eigenvalue weighted by atomic mass is 16.2. The van der Waals surface area contributed by atoms with Gasteiger partial charge in [-0.3, -0.25) is 4.79 Å². The van der Waals surface area contributed by atoms with Gasteiger partial charge < -0.3 is 5.73 Å². The van der Waals surface area contributed by atoms with Crippen LogP contribution < -0.4 is 5.73 Å². The fourth-order valence-electron chi connectivity index (χ4n) is 0. The molecule has 0 heterocycles. The summed E-state index contributed by atoms with van der Waals surface area (Å²) in [5, 5.41) is 0. The molecule has 0 aromatic carbocycles. The molecule has 0 atom stereocenters. The first kappa shape index (κ1) is 4.21. The van der Waals surface area contributed by atoms with Gasteiger partial charge in [-0.2, -0.15) is 0 Å². The van der Waals surface area contributed by atoms with Crippen molar-refractivity contribution in [3.05, 3.63) is 12.7 Å². The molecule has 0 fully saturated rings. The van der Waals surface area contributed by atoms with E-state index in [1.54, 1.807) is 0 Å². The lowest BCUT2D eigenvalue weighted by atomic mass is 11.6. The summed E-state index contributed by atoms with van der Waals surface area (Å²) >= 11 is 0. The van der Waals surface area contributed by atoms with E-state index >= 15 is 0 Å². The van der Waals surface area contributed by atoms with Crippen molar-refractivity contribution in [2.24, 2.45) is 5.73 Å². The second-order valence-electron chi connectivity index (χ2n) is 0.606. The molecule has 2 N–H and O–H groups in total. The minimum absolute atomic E-state index is 0.481. The van der Waals surface area contributed by atoms with Crippen LogP contribution in [0.15, 0.2) is 12.7 Å². The molecule has 0 saturated heterocycles. The van der Waals surface area contributed by atoms with Crippen LogP contribution in [0.25, 0.3) is 0 Å². The number of hydrogen-bond donors (Lipinski definition) is 1. The number of nitrogens with two attached hydrogens (primary N) is 1. The minimum Gasteiger partial charge on any atom is -0.366 e. The van der Waals surface area contributed by atoms with Crippen LogP contribution in [0.5, 0.6) is 0 Å². The molecule has 5 heavy (non-hydrogen) atoms. The highest BCUT2D eigenvalue weighted by Crippen LogP contribution is 1.48. The Morgan fingerprint density at radius 3 is 2.20 bits per heavy atom. The van der Waals surface area contributed by atoms with Crippen molar-refractivity contribution in [1.82, 2.24) is 0 Å². The van der Waals surface area contributed by atoms with Gasteiger partial charge in [0.05, 0.1) is 0 Å². The predicted molar refractivity (Wildman–Crippen MR) is 19.4 cm³/mol. The smallest absolute Gasteiger partial charge is 0.240 e. The van der Waals surface area contributed by atoms with E-state index < -0.39 is 5.91 Å². The molecule has 0 aliphatic rings. The maximum Gasteiger partial charge on any atom is 0.240 e. The van der Waals surface area contributed by atoms with Gasteiger partial charge in [-0.25, -0.2) is 0 Å². The van der Waals surface area contributed by atoms with Crippen molar-refractivity contribution in [3.8, 4) is 0 Å². The van der Waals surface area contributed by atoms with Crippen LogP contribution in [-0.4, -0.2) is 5.91 Å². The summed E-state index contributed by atoms with van der Waals surface area (Å²) in [4.78, 5) is 9.47. The molecule has 1 amide bonds. The Kier molecular flexibility index (Phi) is 1.28. The zero-order valence-corrected chi connectivity index (χ0v) is 2.77. The lowest BCUT2D eigenvalue weighted by Crippen LogP contribution is -2.04. The van der Waals surface area contributed by atoms with Gasteiger partial charge in [0.25, 0.3) is 0 Å². The van der Waals surface area contributed by atoms with E-state index in [2.05, 4.69) is 12.3 Å². The number of primary amides is 1. The summed E-state index contributed by atoms with van der Waals surface area (Å²) in [5.41, 5.74) is 4.53. The molecule has 0 aliphatic heterocycles. The Hall–Kier alpha value is -0.790. The molecule has 0 aromatic heterocycles. The van der Waals surface area contributed by atoms with Gasteiger partial charge in [0.2, 0.25) is 5.91 Å². The van der Waals surface area contributed by atoms with Crippen LogP contribution in [0, 0.1) is 0 Å². The van der Waals surface area contributed by atoms with Crippen molar-refractivity contribution in [3.63, 3.8) is 0 Å². The third-order valence-electron chi connectivity index (χ3n) is 0.201. The molecule has 0 saturated carbocycles. The molecule has 0 spiro atoms. The number of hydrogen-bond acceptors (Lipinski definition) is 1. The second-order valence-corrected chi connectivity index (χ2v) is 0.606. The fourth-order valence-corrected chi connectivity index (χ4v) is 0. The van der Waals surface area contributed by atoms with Crippen LogP contribution >= 0.6 is 0 Å². The van der Waals surface area contributed by atoms with E-state index in [4.69, 9.17) is 0 Å². The first-order valence-corrected chi connectivity index (χ1v) is 1.19. The second kappa shape index (κ2) is 1.52. The van der Waals surface area contributed by atoms with Gasteiger partial charge in [0, 0.05) is 0 Å². The first-order chi connectivity index (χ1) is 2.27. The Balaban J connectivity index is 3.20. The molecule has 0 aliphatic carbocycles. The van der Waals surface area contributed by atoms with Crippen molar-refractivity contribution < 1.29 is 4.79 Å². The SMILES string of the molecule is [13CH2]=[13CH][13C](N)=O. The number of rotatable bonds is 1. The normalized spacial score (nSPS) is 6.40. The lowest BCUT2D eigenvalue weighted by Gasteiger charge is -1.65. The van der Waals surface area contributed by atoms with E-state index in [1.807, 2.05) is 0 Å². The van der Waals surface area contributed by atoms with Crippen molar-refractivity contribution in [2.45, 2.75) is 0 Å². The standard InChI is InChI=1S/C3H5NO/c1-2-3(4)5/h2H,1H2,(H2,4,5)/i1+1,2+1,3+1. The molecule has 28 valence electrons. The molecule has 0 unspecified atom stereocenters. The van der Waals surface area contributed by atoms with Crippen molar-refractivity contribution in [1.29, 1.82) is 0 Å². The van der Waals surface area contributed by atoms with Crippen LogP contribution in [0.3, 0.4) is 0 Å². The quantitative estimate of drug-likeness (QED) is 0.335. The van der Waals surface area contributed by atoms with Crippen LogP contribution in [0.2, 0.25) is 0 Å². The Morgan fingerprint density at radius 2 is 2.20 bits per heavy atom. The number of carbonyl (C=O) groups excluding carboxylic acids is 1. The topological polar surface area (TPSA) is 43.1 Å². The Bertz CT molecular complexity index is 57.9. The number of amides is 1. The average Bonchev–Trinajstić information content (AvgIpc) is 1.38. The first-order valence-electron chi connectivity index (χ1n) is 1.19. The highest BCUT2D eigenvalue weighted by molar-refractivity contribution is 5.84. The summed E-state index contributed by atoms with van der Waals surface area (Å²) < 4.78 is 0. The van der Waals surface area contributed by atoms with Crippen molar-refractivity contribution in [2.75, 3.05) is 0 Å². The zero-order valence-electron chi connectivity index (χ0n) is 2.77. The third kappa shape index (κ3) is 3.21. The average molecular weight is 74.1 g/mol. The highest BCUT2D eigenvalue weighted by Gasteiger charge is 1.69. The summed E-state index contributed by atoms with van der Waals surface area (Å²) in [7, 11) is 0. The summed E-state index contributed by atoms with van der Waals surface area (Å²) in [5.74, 6) is -0.481. The molecular weight excluding hydrogens is 69.0 g/mol.